The van der Waals surface area contributed by atoms with Gasteiger partial charge >= 0.3 is 0 Å². The van der Waals surface area contributed by atoms with Crippen molar-refractivity contribution in [1.29, 1.82) is 5.26 Å². The molecule has 3 atom stereocenters. The Labute approximate surface area is 330 Å². The van der Waals surface area contributed by atoms with Crippen LogP contribution in [0.2, 0.25) is 10.0 Å². The Balaban J connectivity index is 0.000000597. The van der Waals surface area contributed by atoms with Gasteiger partial charge in [-0.15, -0.1) is 0 Å². The number of amides is 1. The fourth-order valence-corrected chi connectivity index (χ4v) is 10.0. The number of nitriles is 1. The zero-order chi connectivity index (χ0) is 38.1. The van der Waals surface area contributed by atoms with Crippen LogP contribution in [0.25, 0.3) is 32.9 Å². The van der Waals surface area contributed by atoms with Crippen molar-refractivity contribution in [1.82, 2.24) is 25.2 Å². The molecule has 2 aromatic carbocycles. The smallest absolute Gasteiger partial charge is 0.226 e. The number of hydrogen-bond acceptors (Lipinski definition) is 7. The topological polar surface area (TPSA) is 110 Å². The van der Waals surface area contributed by atoms with Gasteiger partial charge in [0.25, 0.3) is 0 Å². The molecule has 55 heavy (non-hydrogen) atoms. The van der Waals surface area contributed by atoms with Gasteiger partial charge in [-0.25, -0.2) is 14.4 Å². The van der Waals surface area contributed by atoms with Gasteiger partial charge in [-0.3, -0.25) is 4.79 Å². The molecule has 2 aliphatic carbocycles. The van der Waals surface area contributed by atoms with E-state index in [4.69, 9.17) is 32.9 Å². The SMILES string of the molecule is C1NC2CC1C2.COc1nccc(N2CC3CC(C2)N(C(=O)C2CC2)C3c2cc3c(C)nc4c(F)c(-c5cccc(Cl)c5Cl)c(CCC#N)cc4c3[nH]2)c1C. The molecule has 12 heteroatoms. The third kappa shape index (κ3) is 6.29. The minimum Gasteiger partial charge on any atom is -0.481 e. The van der Waals surface area contributed by atoms with Gasteiger partial charge in [0.1, 0.15) is 5.52 Å². The van der Waals surface area contributed by atoms with E-state index in [1.54, 1.807) is 31.5 Å². The highest BCUT2D eigenvalue weighted by atomic mass is 35.5. The van der Waals surface area contributed by atoms with Crippen LogP contribution >= 0.6 is 23.2 Å². The number of anilines is 1. The van der Waals surface area contributed by atoms with E-state index in [2.05, 4.69) is 37.2 Å². The van der Waals surface area contributed by atoms with Crippen LogP contribution in [-0.2, 0) is 11.2 Å². The van der Waals surface area contributed by atoms with Gasteiger partial charge < -0.3 is 24.8 Å². The van der Waals surface area contributed by atoms with Crippen LogP contribution in [-0.4, -0.2) is 64.6 Å². The van der Waals surface area contributed by atoms with Crippen LogP contribution in [0.15, 0.2) is 42.6 Å². The molecule has 3 aromatic heterocycles. The van der Waals surface area contributed by atoms with Crippen LogP contribution in [0.3, 0.4) is 0 Å². The fourth-order valence-electron chi connectivity index (χ4n) is 9.64. The molecule has 3 unspecified atom stereocenters. The summed E-state index contributed by atoms with van der Waals surface area (Å²) in [5.74, 6) is 1.64. The molecule has 4 aliphatic heterocycles. The largest absolute Gasteiger partial charge is 0.481 e. The second-order valence-corrected chi connectivity index (χ2v) is 16.8. The monoisotopic (exact) mass is 779 g/mol. The molecule has 6 fully saturated rings. The maximum absolute atomic E-state index is 16.8. The molecule has 7 heterocycles. The summed E-state index contributed by atoms with van der Waals surface area (Å²) in [6.07, 6.45) is 8.01. The van der Waals surface area contributed by atoms with E-state index in [0.29, 0.717) is 45.1 Å². The molecule has 0 radical (unpaired) electrons. The van der Waals surface area contributed by atoms with Crippen molar-refractivity contribution in [3.05, 3.63) is 81.0 Å². The quantitative estimate of drug-likeness (QED) is 0.170. The first-order chi connectivity index (χ1) is 26.6. The number of aromatic amines is 1. The molecular formula is C43H44Cl2FN7O2. The standard InChI is InChI=1S/C38H35Cl2FN6O2.C5H9N/c1-19-30(11-13-43-37(19)49-3)46-17-23-14-24(18-46)47(38(48)21-9-10-21)36(23)29-16-26-20(2)44-35-27(34(26)45-29)15-22(6-5-12-42)31(33(35)41)25-7-4-8-28(39)32(25)40;1-4-2-5(1)6-3-4/h4,7-8,11,13,15-16,21,23-24,36,45H,5-6,9-10,14,17-18H2,1-3H3;4-6H,1-3H2. The number of likely N-dealkylation sites (tertiary alicyclic amines) is 1. The number of nitrogens with zero attached hydrogens (tertiary/aromatic N) is 5. The molecule has 2 saturated carbocycles. The molecule has 5 aromatic rings. The number of pyridine rings is 2. The maximum atomic E-state index is 16.8. The summed E-state index contributed by atoms with van der Waals surface area (Å²) >= 11 is 13.0. The zero-order valence-corrected chi connectivity index (χ0v) is 32.8. The number of fused-ring (bicyclic) bond motifs is 6. The number of benzene rings is 2. The summed E-state index contributed by atoms with van der Waals surface area (Å²) in [5, 5.41) is 14.9. The van der Waals surface area contributed by atoms with E-state index in [1.165, 1.54) is 19.4 Å². The molecule has 0 spiro atoms. The number of rotatable bonds is 7. The highest BCUT2D eigenvalue weighted by Gasteiger charge is 2.52. The lowest BCUT2D eigenvalue weighted by Gasteiger charge is -2.35. The molecule has 4 bridgehead atoms. The van der Waals surface area contributed by atoms with E-state index >= 15 is 4.39 Å². The Morgan fingerprint density at radius 2 is 1.93 bits per heavy atom. The van der Waals surface area contributed by atoms with Gasteiger partial charge in [0.15, 0.2) is 5.82 Å². The Morgan fingerprint density at radius 1 is 1.11 bits per heavy atom. The third-order valence-corrected chi connectivity index (χ3v) is 13.3. The second-order valence-electron chi connectivity index (χ2n) is 16.0. The lowest BCUT2D eigenvalue weighted by atomic mass is 9.87. The fraction of sp³-hybridized carbons (Fsp3) is 0.442. The summed E-state index contributed by atoms with van der Waals surface area (Å²) in [6.45, 7) is 6.72. The maximum Gasteiger partial charge on any atom is 0.226 e. The molecule has 9 nitrogen and oxygen atoms in total. The number of methoxy groups -OCH3 is 1. The predicted octanol–water partition coefficient (Wildman–Crippen LogP) is 8.86. The first-order valence-corrected chi connectivity index (χ1v) is 20.2. The molecule has 2 N–H and O–H groups in total. The third-order valence-electron chi connectivity index (χ3n) is 12.5. The van der Waals surface area contributed by atoms with Crippen molar-refractivity contribution in [3.63, 3.8) is 0 Å². The van der Waals surface area contributed by atoms with Crippen molar-refractivity contribution < 1.29 is 13.9 Å². The first-order valence-electron chi connectivity index (χ1n) is 19.4. The second kappa shape index (κ2) is 14.3. The van der Waals surface area contributed by atoms with E-state index in [1.807, 2.05) is 26.0 Å². The number of aromatic nitrogens is 3. The average molecular weight is 781 g/mol. The van der Waals surface area contributed by atoms with Crippen molar-refractivity contribution in [2.75, 3.05) is 31.6 Å². The zero-order valence-electron chi connectivity index (χ0n) is 31.3. The summed E-state index contributed by atoms with van der Waals surface area (Å²) in [7, 11) is 1.63. The van der Waals surface area contributed by atoms with E-state index in [9.17, 15) is 10.1 Å². The molecule has 4 saturated heterocycles. The van der Waals surface area contributed by atoms with Gasteiger partial charge in [0.05, 0.1) is 40.8 Å². The number of hydrogen-bond donors (Lipinski definition) is 2. The highest BCUT2D eigenvalue weighted by Crippen LogP contribution is 2.50. The van der Waals surface area contributed by atoms with E-state index in [0.717, 1.165) is 72.2 Å². The molecule has 11 rings (SSSR count). The number of aryl methyl sites for hydroxylation is 2. The van der Waals surface area contributed by atoms with E-state index < -0.39 is 5.82 Å². The number of nitrogens with one attached hydrogen (secondary N) is 2. The lowest BCUT2D eigenvalue weighted by Crippen LogP contribution is -2.45. The Hall–Kier alpha value is -4.43. The van der Waals surface area contributed by atoms with Crippen molar-refractivity contribution in [2.45, 2.75) is 76.9 Å². The van der Waals surface area contributed by atoms with Crippen LogP contribution < -0.4 is 15.0 Å². The number of carbonyl (C=O) groups is 1. The summed E-state index contributed by atoms with van der Waals surface area (Å²) < 4.78 is 22.3. The van der Waals surface area contributed by atoms with Crippen LogP contribution in [0.1, 0.15) is 67.1 Å². The van der Waals surface area contributed by atoms with E-state index in [-0.39, 0.29) is 46.8 Å². The van der Waals surface area contributed by atoms with Gasteiger partial charge in [0.2, 0.25) is 11.8 Å². The van der Waals surface area contributed by atoms with Crippen molar-refractivity contribution in [2.24, 2.45) is 17.8 Å². The summed E-state index contributed by atoms with van der Waals surface area (Å²) in [5.41, 5.74) is 6.07. The Kier molecular flexibility index (Phi) is 9.39. The molecular weight excluding hydrogens is 736 g/mol. The number of carbonyl (C=O) groups excluding carboxylic acids is 1. The van der Waals surface area contributed by atoms with Gasteiger partial charge in [-0.2, -0.15) is 5.26 Å². The predicted molar refractivity (Wildman–Crippen MR) is 214 cm³/mol. The Bertz CT molecular complexity index is 2370. The minimum atomic E-state index is -0.503. The van der Waals surface area contributed by atoms with Crippen LogP contribution in [0, 0.1) is 48.7 Å². The van der Waals surface area contributed by atoms with Gasteiger partial charge in [-0.1, -0.05) is 35.3 Å². The average Bonchev–Trinajstić information content (AvgIpc) is 3.45. The minimum absolute atomic E-state index is 0.0535. The highest BCUT2D eigenvalue weighted by molar-refractivity contribution is 6.43. The van der Waals surface area contributed by atoms with Gasteiger partial charge in [-0.05, 0) is 94.7 Å². The van der Waals surface area contributed by atoms with Crippen molar-refractivity contribution >= 4 is 56.6 Å². The molecule has 284 valence electrons. The number of ether oxygens (including phenoxy) is 1. The number of piperidine rings is 1. The molecule has 6 aliphatic rings. The van der Waals surface area contributed by atoms with Crippen molar-refractivity contribution in [3.8, 4) is 23.1 Å². The van der Waals surface area contributed by atoms with Crippen LogP contribution in [0.4, 0.5) is 10.1 Å². The lowest BCUT2D eigenvalue weighted by molar-refractivity contribution is -0.135. The first kappa shape index (κ1) is 36.2. The van der Waals surface area contributed by atoms with Crippen LogP contribution in [0.5, 0.6) is 5.88 Å². The normalized spacial score (nSPS) is 23.8. The summed E-state index contributed by atoms with van der Waals surface area (Å²) in [4.78, 5) is 31.4. The van der Waals surface area contributed by atoms with Gasteiger partial charge in [0, 0.05) is 88.1 Å². The summed E-state index contributed by atoms with van der Waals surface area (Å²) in [6, 6.07) is 14.2. The number of H-pyrrole nitrogens is 1. The number of halogens is 3. The Morgan fingerprint density at radius 3 is 2.62 bits per heavy atom. The molecule has 1 amide bonds.